The number of aliphatic carboxylic acids is 1. The zero-order chi connectivity index (χ0) is 35.0. The van der Waals surface area contributed by atoms with Crippen LogP contribution in [0.4, 0.5) is 13.2 Å². The lowest BCUT2D eigenvalue weighted by atomic mass is 9.87. The summed E-state index contributed by atoms with van der Waals surface area (Å²) in [6, 6.07) is 26.6. The van der Waals surface area contributed by atoms with Crippen molar-refractivity contribution < 1.29 is 32.7 Å². The van der Waals surface area contributed by atoms with E-state index in [0.29, 0.717) is 28.7 Å². The molecule has 2 atom stereocenters. The number of nitrogens with one attached hydrogen (secondary N) is 2. The van der Waals surface area contributed by atoms with Crippen LogP contribution in [0, 0.1) is 0 Å². The molecule has 5 rings (SSSR count). The summed E-state index contributed by atoms with van der Waals surface area (Å²) in [4.78, 5) is 37.4. The Balaban J connectivity index is 1.39. The number of benzene rings is 4. The first-order valence-corrected chi connectivity index (χ1v) is 16.4. The summed E-state index contributed by atoms with van der Waals surface area (Å²) in [6.07, 6.45) is 2.33. The molecule has 0 bridgehead atoms. The average molecular weight is 669 g/mol. The lowest BCUT2D eigenvalue weighted by Crippen LogP contribution is -2.33. The van der Waals surface area contributed by atoms with Gasteiger partial charge in [0.15, 0.2) is 0 Å². The van der Waals surface area contributed by atoms with Crippen LogP contribution in [0.2, 0.25) is 0 Å². The highest BCUT2D eigenvalue weighted by Crippen LogP contribution is 2.35. The first-order chi connectivity index (χ1) is 23.5. The van der Waals surface area contributed by atoms with Crippen molar-refractivity contribution in [2.45, 2.75) is 63.6 Å². The van der Waals surface area contributed by atoms with Crippen molar-refractivity contribution >= 4 is 23.4 Å². The maximum atomic E-state index is 14.1. The molecule has 3 N–H and O–H groups in total. The standard InChI is InChI=1S/C40H39F3N2O4/c1-26(34-12-5-6-13-35(34)32-10-7-11-33(25-32)40(41,42)43)45-39(49)36(30-20-18-29(19-21-30)28-8-3-2-4-9-28)24-27-14-16-31(17-15-27)38(48)44-23-22-37(46)47/h5-8,10-21,25-26,36H,2-4,9,22-24H2,1H3,(H,44,48)(H,45,49)(H,46,47). The average Bonchev–Trinajstić information content (AvgIpc) is 3.10. The summed E-state index contributed by atoms with van der Waals surface area (Å²) in [5.74, 6) is -2.24. The molecule has 0 aliphatic heterocycles. The molecule has 4 aromatic rings. The van der Waals surface area contributed by atoms with Gasteiger partial charge >= 0.3 is 12.1 Å². The van der Waals surface area contributed by atoms with Crippen molar-refractivity contribution in [3.8, 4) is 11.1 Å². The maximum absolute atomic E-state index is 14.1. The van der Waals surface area contributed by atoms with Crippen molar-refractivity contribution in [1.29, 1.82) is 0 Å². The molecule has 0 saturated heterocycles. The Labute approximate surface area is 284 Å². The van der Waals surface area contributed by atoms with E-state index in [2.05, 4.69) is 16.7 Å². The zero-order valence-electron chi connectivity index (χ0n) is 27.2. The monoisotopic (exact) mass is 668 g/mol. The summed E-state index contributed by atoms with van der Waals surface area (Å²) >= 11 is 0. The van der Waals surface area contributed by atoms with E-state index < -0.39 is 29.7 Å². The van der Waals surface area contributed by atoms with Crippen molar-refractivity contribution in [2.75, 3.05) is 6.54 Å². The summed E-state index contributed by atoms with van der Waals surface area (Å²) in [5.41, 5.74) is 5.38. The van der Waals surface area contributed by atoms with Crippen LogP contribution in [0.5, 0.6) is 0 Å². The van der Waals surface area contributed by atoms with Crippen LogP contribution in [0.15, 0.2) is 103 Å². The van der Waals surface area contributed by atoms with E-state index in [9.17, 15) is 27.6 Å². The van der Waals surface area contributed by atoms with E-state index in [0.717, 1.165) is 48.1 Å². The number of hydrogen-bond acceptors (Lipinski definition) is 3. The van der Waals surface area contributed by atoms with Crippen molar-refractivity contribution in [3.05, 3.63) is 137 Å². The molecule has 0 fully saturated rings. The Bertz CT molecular complexity index is 1810. The molecular formula is C40H39F3N2O4. The first kappa shape index (κ1) is 35.1. The van der Waals surface area contributed by atoms with Crippen LogP contribution < -0.4 is 10.6 Å². The first-order valence-electron chi connectivity index (χ1n) is 16.4. The smallest absolute Gasteiger partial charge is 0.416 e. The molecule has 2 unspecified atom stereocenters. The summed E-state index contributed by atoms with van der Waals surface area (Å²) in [5, 5.41) is 14.5. The molecule has 0 spiro atoms. The van der Waals surface area contributed by atoms with Gasteiger partial charge in [0, 0.05) is 12.1 Å². The third kappa shape index (κ3) is 9.25. The highest BCUT2D eigenvalue weighted by atomic mass is 19.4. The minimum absolute atomic E-state index is 0.0140. The Morgan fingerprint density at radius 1 is 0.857 bits per heavy atom. The molecule has 6 nitrogen and oxygen atoms in total. The van der Waals surface area contributed by atoms with Gasteiger partial charge in [-0.25, -0.2) is 0 Å². The predicted molar refractivity (Wildman–Crippen MR) is 184 cm³/mol. The van der Waals surface area contributed by atoms with Crippen LogP contribution in [0.25, 0.3) is 16.7 Å². The molecule has 0 radical (unpaired) electrons. The topological polar surface area (TPSA) is 95.5 Å². The van der Waals surface area contributed by atoms with E-state index in [4.69, 9.17) is 5.11 Å². The number of allylic oxidation sites excluding steroid dienone is 2. The third-order valence-electron chi connectivity index (χ3n) is 8.86. The van der Waals surface area contributed by atoms with Gasteiger partial charge in [0.25, 0.3) is 5.91 Å². The normalized spacial score (nSPS) is 14.3. The molecule has 0 heterocycles. The molecule has 4 aromatic carbocycles. The fourth-order valence-corrected chi connectivity index (χ4v) is 6.20. The molecule has 9 heteroatoms. The number of hydrogen-bond donors (Lipinski definition) is 3. The van der Waals surface area contributed by atoms with Gasteiger partial charge in [0.05, 0.1) is 23.9 Å². The molecule has 0 aromatic heterocycles. The second-order valence-electron chi connectivity index (χ2n) is 12.3. The second kappa shape index (κ2) is 15.8. The van der Waals surface area contributed by atoms with Gasteiger partial charge in [-0.05, 0) is 102 Å². The molecule has 2 amide bonds. The highest BCUT2D eigenvalue weighted by Gasteiger charge is 2.31. The van der Waals surface area contributed by atoms with Crippen molar-refractivity contribution in [1.82, 2.24) is 10.6 Å². The number of rotatable bonds is 12. The van der Waals surface area contributed by atoms with Gasteiger partial charge in [-0.3, -0.25) is 14.4 Å². The summed E-state index contributed by atoms with van der Waals surface area (Å²) in [7, 11) is 0. The van der Waals surface area contributed by atoms with Gasteiger partial charge < -0.3 is 15.7 Å². The lowest BCUT2D eigenvalue weighted by molar-refractivity contribution is -0.138. The van der Waals surface area contributed by atoms with E-state index >= 15 is 0 Å². The van der Waals surface area contributed by atoms with Crippen molar-refractivity contribution in [3.63, 3.8) is 0 Å². The van der Waals surface area contributed by atoms with Gasteiger partial charge in [-0.2, -0.15) is 13.2 Å². The lowest BCUT2D eigenvalue weighted by Gasteiger charge is -2.23. The number of carboxylic acid groups (broad SMARTS) is 1. The van der Waals surface area contributed by atoms with Crippen LogP contribution in [0.1, 0.15) is 89.2 Å². The SMILES string of the molecule is CC(NC(=O)C(Cc1ccc(C(=O)NCCC(=O)O)cc1)c1ccc(C2=CCCCC2)cc1)c1ccccc1-c1cccc(C(F)(F)F)c1. The van der Waals surface area contributed by atoms with Gasteiger partial charge in [-0.15, -0.1) is 0 Å². The van der Waals surface area contributed by atoms with E-state index in [1.165, 1.54) is 18.1 Å². The molecule has 0 saturated carbocycles. The largest absolute Gasteiger partial charge is 0.481 e. The van der Waals surface area contributed by atoms with Crippen LogP contribution in [0.3, 0.4) is 0 Å². The number of alkyl halides is 3. The zero-order valence-corrected chi connectivity index (χ0v) is 27.2. The molecule has 1 aliphatic rings. The molecule has 254 valence electrons. The number of carbonyl (C=O) groups excluding carboxylic acids is 2. The van der Waals surface area contributed by atoms with E-state index in [1.807, 2.05) is 37.3 Å². The Kier molecular flexibility index (Phi) is 11.3. The van der Waals surface area contributed by atoms with Gasteiger partial charge in [0.2, 0.25) is 5.91 Å². The molecule has 49 heavy (non-hydrogen) atoms. The van der Waals surface area contributed by atoms with Crippen LogP contribution in [-0.2, 0) is 22.2 Å². The Hall–Kier alpha value is -5.18. The minimum atomic E-state index is -4.48. The fraction of sp³-hybridized carbons (Fsp3) is 0.275. The van der Waals surface area contributed by atoms with Crippen LogP contribution in [-0.4, -0.2) is 29.4 Å². The second-order valence-corrected chi connectivity index (χ2v) is 12.3. The van der Waals surface area contributed by atoms with Crippen molar-refractivity contribution in [2.24, 2.45) is 0 Å². The number of halogens is 3. The summed E-state index contributed by atoms with van der Waals surface area (Å²) < 4.78 is 40.5. The summed E-state index contributed by atoms with van der Waals surface area (Å²) in [6.45, 7) is 1.83. The number of amides is 2. The number of carboxylic acids is 1. The Morgan fingerprint density at radius 3 is 2.27 bits per heavy atom. The highest BCUT2D eigenvalue weighted by molar-refractivity contribution is 5.94. The molecular weight excluding hydrogens is 629 g/mol. The van der Waals surface area contributed by atoms with E-state index in [1.54, 1.807) is 48.5 Å². The van der Waals surface area contributed by atoms with Gasteiger partial charge in [-0.1, -0.05) is 78.9 Å². The third-order valence-corrected chi connectivity index (χ3v) is 8.86. The Morgan fingerprint density at radius 2 is 1.59 bits per heavy atom. The quantitative estimate of drug-likeness (QED) is 0.141. The molecule has 1 aliphatic carbocycles. The van der Waals surface area contributed by atoms with Gasteiger partial charge in [0.1, 0.15) is 0 Å². The maximum Gasteiger partial charge on any atom is 0.416 e. The predicted octanol–water partition coefficient (Wildman–Crippen LogP) is 8.74. The minimum Gasteiger partial charge on any atom is -0.481 e. The fourth-order valence-electron chi connectivity index (χ4n) is 6.20. The van der Waals surface area contributed by atoms with E-state index in [-0.39, 0.29) is 24.8 Å². The number of carbonyl (C=O) groups is 3. The van der Waals surface area contributed by atoms with Crippen LogP contribution >= 0.6 is 0 Å².